The number of aliphatic carboxylic acids is 1. The van der Waals surface area contributed by atoms with Crippen molar-refractivity contribution in [2.24, 2.45) is 0 Å². The van der Waals surface area contributed by atoms with Crippen molar-refractivity contribution in [2.45, 2.75) is 38.5 Å². The molecule has 1 saturated heterocycles. The minimum absolute atomic E-state index is 0.286. The summed E-state index contributed by atoms with van der Waals surface area (Å²) >= 11 is 0. The lowest BCUT2D eigenvalue weighted by atomic mass is 10.1. The van der Waals surface area contributed by atoms with Crippen LogP contribution in [0.3, 0.4) is 0 Å². The molecule has 0 saturated carbocycles. The molecule has 1 unspecified atom stereocenters. The number of aliphatic hydroxyl groups is 1. The Hall–Kier alpha value is -1.34. The molecule has 1 aliphatic heterocycles. The Balaban J connectivity index is 2.60. The average Bonchev–Trinajstić information content (AvgIpc) is 2.35. The number of aliphatic hydroxyl groups excluding tert-OH is 1. The maximum absolute atomic E-state index is 12.0. The molecule has 7 heteroatoms. The van der Waals surface area contributed by atoms with Gasteiger partial charge in [-0.2, -0.15) is 0 Å². The van der Waals surface area contributed by atoms with Crippen LogP contribution in [-0.4, -0.2) is 76.9 Å². The molecular formula is C12H23N3O4. The lowest BCUT2D eigenvalue weighted by molar-refractivity contribution is -0.141. The third kappa shape index (κ3) is 4.07. The van der Waals surface area contributed by atoms with E-state index >= 15 is 0 Å². The number of carbonyl (C=O) groups excluding carboxylic acids is 1. The Morgan fingerprint density at radius 3 is 2.53 bits per heavy atom. The number of urea groups is 1. The first-order chi connectivity index (χ1) is 8.86. The summed E-state index contributed by atoms with van der Waals surface area (Å²) in [4.78, 5) is 26.7. The lowest BCUT2D eigenvalue weighted by Gasteiger charge is -2.39. The largest absolute Gasteiger partial charge is 0.480 e. The van der Waals surface area contributed by atoms with E-state index in [9.17, 15) is 14.7 Å². The number of carboxylic acid groups (broad SMARTS) is 1. The molecular weight excluding hydrogens is 250 g/mol. The fourth-order valence-electron chi connectivity index (χ4n) is 2.18. The van der Waals surface area contributed by atoms with Crippen LogP contribution in [0.4, 0.5) is 4.79 Å². The molecule has 0 radical (unpaired) electrons. The highest BCUT2D eigenvalue weighted by atomic mass is 16.4. The topological polar surface area (TPSA) is 93.1 Å². The fourth-order valence-corrected chi connectivity index (χ4v) is 2.18. The zero-order valence-corrected chi connectivity index (χ0v) is 11.7. The molecule has 3 N–H and O–H groups in total. The summed E-state index contributed by atoms with van der Waals surface area (Å²) in [5.74, 6) is -1.23. The van der Waals surface area contributed by atoms with Crippen molar-refractivity contribution in [2.75, 3.05) is 26.7 Å². The van der Waals surface area contributed by atoms with Gasteiger partial charge in [-0.3, -0.25) is 4.90 Å². The van der Waals surface area contributed by atoms with Crippen molar-refractivity contribution in [3.63, 3.8) is 0 Å². The highest BCUT2D eigenvalue weighted by Gasteiger charge is 2.30. The number of amides is 2. The van der Waals surface area contributed by atoms with E-state index in [-0.39, 0.29) is 6.04 Å². The van der Waals surface area contributed by atoms with Crippen LogP contribution < -0.4 is 5.32 Å². The first-order valence-corrected chi connectivity index (χ1v) is 6.53. The highest BCUT2D eigenvalue weighted by Crippen LogP contribution is 2.11. The van der Waals surface area contributed by atoms with Gasteiger partial charge in [0.1, 0.15) is 0 Å². The number of rotatable bonds is 4. The average molecular weight is 273 g/mol. The van der Waals surface area contributed by atoms with Crippen LogP contribution in [0.2, 0.25) is 0 Å². The van der Waals surface area contributed by atoms with Gasteiger partial charge in [0.05, 0.1) is 6.10 Å². The maximum Gasteiger partial charge on any atom is 0.328 e. The fraction of sp³-hybridized carbons (Fsp3) is 0.833. The van der Waals surface area contributed by atoms with Crippen LogP contribution in [-0.2, 0) is 4.79 Å². The smallest absolute Gasteiger partial charge is 0.328 e. The zero-order valence-electron chi connectivity index (χ0n) is 11.7. The molecule has 2 amide bonds. The molecule has 0 aliphatic carbocycles. The van der Waals surface area contributed by atoms with E-state index in [2.05, 4.69) is 17.1 Å². The molecule has 1 heterocycles. The van der Waals surface area contributed by atoms with E-state index in [4.69, 9.17) is 5.11 Å². The van der Waals surface area contributed by atoms with Crippen LogP contribution in [0, 0.1) is 0 Å². The van der Waals surface area contributed by atoms with E-state index in [1.807, 2.05) is 7.05 Å². The first-order valence-electron chi connectivity index (χ1n) is 6.53. The van der Waals surface area contributed by atoms with Crippen LogP contribution in [0.15, 0.2) is 0 Å². The number of carboxylic acids is 1. The minimum Gasteiger partial charge on any atom is -0.480 e. The second-order valence-electron chi connectivity index (χ2n) is 4.99. The van der Waals surface area contributed by atoms with Gasteiger partial charge in [0.2, 0.25) is 0 Å². The molecule has 1 fully saturated rings. The Kier molecular flexibility index (Phi) is 5.56. The summed E-state index contributed by atoms with van der Waals surface area (Å²) in [6.45, 7) is 5.30. The van der Waals surface area contributed by atoms with Gasteiger partial charge in [-0.05, 0) is 20.4 Å². The third-order valence-corrected chi connectivity index (χ3v) is 3.56. The van der Waals surface area contributed by atoms with Crippen LogP contribution in [0.25, 0.3) is 0 Å². The Morgan fingerprint density at radius 1 is 1.42 bits per heavy atom. The highest BCUT2D eigenvalue weighted by molar-refractivity contribution is 5.83. The van der Waals surface area contributed by atoms with Crippen molar-refractivity contribution in [3.05, 3.63) is 0 Å². The number of piperazine rings is 1. The monoisotopic (exact) mass is 273 g/mol. The number of nitrogens with one attached hydrogen (secondary N) is 1. The van der Waals surface area contributed by atoms with Gasteiger partial charge in [0.15, 0.2) is 6.04 Å². The number of hydrogen-bond acceptors (Lipinski definition) is 4. The molecule has 1 aliphatic rings. The standard InChI is InChI=1S/C12H23N3O4/c1-4-9-7-15(6-5-14(9)3)12(19)13-10(8(2)16)11(17)18/h8-10,16H,4-7H2,1-3H3,(H,13,19)(H,17,18)/t8-,9?,10+/m1/s1. The SMILES string of the molecule is CCC1CN(C(=O)N[C@H](C(=O)O)[C@@H](C)O)CCN1C. The quantitative estimate of drug-likeness (QED) is 0.645. The Bertz CT molecular complexity index is 335. The summed E-state index contributed by atoms with van der Waals surface area (Å²) in [6, 6.07) is -1.42. The second-order valence-corrected chi connectivity index (χ2v) is 4.99. The minimum atomic E-state index is -1.27. The molecule has 0 aromatic carbocycles. The Labute approximate surface area is 113 Å². The van der Waals surface area contributed by atoms with Gasteiger partial charge in [0, 0.05) is 25.7 Å². The molecule has 3 atom stereocenters. The summed E-state index contributed by atoms with van der Waals surface area (Å²) in [5.41, 5.74) is 0. The van der Waals surface area contributed by atoms with Crippen molar-refractivity contribution in [3.8, 4) is 0 Å². The molecule has 7 nitrogen and oxygen atoms in total. The lowest BCUT2D eigenvalue weighted by Crippen LogP contribution is -2.58. The van der Waals surface area contributed by atoms with Gasteiger partial charge in [0.25, 0.3) is 0 Å². The molecule has 0 spiro atoms. The predicted molar refractivity (Wildman–Crippen MR) is 69.9 cm³/mol. The van der Waals surface area contributed by atoms with Gasteiger partial charge in [-0.1, -0.05) is 6.92 Å². The molecule has 0 aromatic heterocycles. The van der Waals surface area contributed by atoms with Gasteiger partial charge < -0.3 is 20.4 Å². The first kappa shape index (κ1) is 15.7. The van der Waals surface area contributed by atoms with Crippen LogP contribution in [0.5, 0.6) is 0 Å². The summed E-state index contributed by atoms with van der Waals surface area (Å²) in [6.07, 6.45) is -0.199. The van der Waals surface area contributed by atoms with Crippen molar-refractivity contribution >= 4 is 12.0 Å². The number of likely N-dealkylation sites (N-methyl/N-ethyl adjacent to an activating group) is 1. The summed E-state index contributed by atoms with van der Waals surface area (Å²) in [5, 5.41) is 20.6. The van der Waals surface area contributed by atoms with E-state index in [1.165, 1.54) is 6.92 Å². The summed E-state index contributed by atoms with van der Waals surface area (Å²) < 4.78 is 0. The van der Waals surface area contributed by atoms with Gasteiger partial charge in [-0.25, -0.2) is 9.59 Å². The maximum atomic E-state index is 12.0. The third-order valence-electron chi connectivity index (χ3n) is 3.56. The van der Waals surface area contributed by atoms with Crippen LogP contribution >= 0.6 is 0 Å². The number of nitrogens with zero attached hydrogens (tertiary/aromatic N) is 2. The summed E-state index contributed by atoms with van der Waals surface area (Å²) in [7, 11) is 2.01. The van der Waals surface area contributed by atoms with Gasteiger partial charge >= 0.3 is 12.0 Å². The van der Waals surface area contributed by atoms with E-state index in [1.54, 1.807) is 4.90 Å². The van der Waals surface area contributed by atoms with Crippen LogP contribution in [0.1, 0.15) is 20.3 Å². The van der Waals surface area contributed by atoms with E-state index < -0.39 is 24.1 Å². The molecule has 19 heavy (non-hydrogen) atoms. The second kappa shape index (κ2) is 6.72. The predicted octanol–water partition coefficient (Wildman–Crippen LogP) is -0.444. The number of hydrogen-bond donors (Lipinski definition) is 3. The zero-order chi connectivity index (χ0) is 14.6. The van der Waals surface area contributed by atoms with Gasteiger partial charge in [-0.15, -0.1) is 0 Å². The van der Waals surface area contributed by atoms with E-state index in [0.717, 1.165) is 13.0 Å². The normalized spacial score (nSPS) is 23.8. The molecule has 1 rings (SSSR count). The number of carbonyl (C=O) groups is 2. The van der Waals surface area contributed by atoms with Crippen molar-refractivity contribution in [1.29, 1.82) is 0 Å². The van der Waals surface area contributed by atoms with Crippen molar-refractivity contribution in [1.82, 2.24) is 15.1 Å². The molecule has 110 valence electrons. The van der Waals surface area contributed by atoms with E-state index in [0.29, 0.717) is 13.1 Å². The molecule has 0 bridgehead atoms. The van der Waals surface area contributed by atoms with Crippen molar-refractivity contribution < 1.29 is 19.8 Å². The Morgan fingerprint density at radius 2 is 2.05 bits per heavy atom. The molecule has 0 aromatic rings.